The number of hydrogen-bond acceptors (Lipinski definition) is 7. The van der Waals surface area contributed by atoms with Gasteiger partial charge in [0.1, 0.15) is 0 Å². The predicted molar refractivity (Wildman–Crippen MR) is 100.0 cm³/mol. The normalized spacial score (nSPS) is 11.6. The lowest BCUT2D eigenvalue weighted by Crippen LogP contribution is -2.17. The number of rotatable bonds is 5. The average Bonchev–Trinajstić information content (AvgIpc) is 2.94. The first-order valence-corrected chi connectivity index (χ1v) is 8.25. The highest BCUT2D eigenvalue weighted by atomic mass is 32.1. The highest BCUT2D eigenvalue weighted by molar-refractivity contribution is 7.71. The highest BCUT2D eigenvalue weighted by Gasteiger charge is 2.21. The van der Waals surface area contributed by atoms with Gasteiger partial charge in [0.25, 0.3) is 0 Å². The lowest BCUT2D eigenvalue weighted by atomic mass is 9.96. The molecule has 0 radical (unpaired) electrons. The van der Waals surface area contributed by atoms with E-state index in [-0.39, 0.29) is 11.2 Å². The van der Waals surface area contributed by atoms with Crippen LogP contribution in [0.25, 0.3) is 0 Å². The molecule has 0 aliphatic carbocycles. The Morgan fingerprint density at radius 1 is 1.27 bits per heavy atom. The van der Waals surface area contributed by atoms with Crippen molar-refractivity contribution in [3.05, 3.63) is 28.3 Å². The maximum absolute atomic E-state index is 11.3. The van der Waals surface area contributed by atoms with Crippen LogP contribution in [0.4, 0.5) is 0 Å². The Balaban J connectivity index is 2.48. The number of nitrogens with zero attached hydrogens (tertiary/aromatic N) is 3. The molecular formula is C17H22N4O4S. The van der Waals surface area contributed by atoms with E-state index in [4.69, 9.17) is 26.4 Å². The van der Waals surface area contributed by atoms with Crippen LogP contribution >= 0.6 is 12.2 Å². The minimum absolute atomic E-state index is 0.218. The maximum Gasteiger partial charge on any atom is 0.308 e. The first kappa shape index (κ1) is 19.6. The molecule has 2 rings (SSSR count). The van der Waals surface area contributed by atoms with Gasteiger partial charge in [0.15, 0.2) is 17.3 Å². The lowest BCUT2D eigenvalue weighted by molar-refractivity contribution is -0.132. The van der Waals surface area contributed by atoms with Crippen LogP contribution in [0.2, 0.25) is 0 Å². The Hall–Kier alpha value is -2.68. The number of esters is 1. The molecular weight excluding hydrogens is 356 g/mol. The standard InChI is InChI=1S/C17H22N4O4S/c1-10(22)25-14-12(23-5)7-11(8-13(14)24-6)9-18-21-15(17(2,3)4)19-20-16(21)26/h7-9H,1-6H3,(H,20,26)/b18-9-. The van der Waals surface area contributed by atoms with Crippen molar-refractivity contribution in [2.75, 3.05) is 14.2 Å². The van der Waals surface area contributed by atoms with E-state index in [0.717, 1.165) is 0 Å². The Bertz CT molecular complexity index is 868. The molecule has 1 N–H and O–H groups in total. The van der Waals surface area contributed by atoms with Crippen LogP contribution < -0.4 is 14.2 Å². The molecule has 2 aromatic rings. The molecule has 0 atom stereocenters. The maximum atomic E-state index is 11.3. The summed E-state index contributed by atoms with van der Waals surface area (Å²) in [6.07, 6.45) is 1.60. The number of carbonyl (C=O) groups is 1. The van der Waals surface area contributed by atoms with Crippen molar-refractivity contribution in [3.8, 4) is 17.2 Å². The van der Waals surface area contributed by atoms with Crippen molar-refractivity contribution in [1.82, 2.24) is 14.9 Å². The smallest absolute Gasteiger partial charge is 0.308 e. The Kier molecular flexibility index (Phi) is 5.81. The summed E-state index contributed by atoms with van der Waals surface area (Å²) in [5, 5.41) is 11.4. The van der Waals surface area contributed by atoms with Crippen molar-refractivity contribution in [1.29, 1.82) is 0 Å². The van der Waals surface area contributed by atoms with Gasteiger partial charge in [-0.1, -0.05) is 20.8 Å². The van der Waals surface area contributed by atoms with Gasteiger partial charge in [0.2, 0.25) is 10.5 Å². The number of aromatic nitrogens is 3. The predicted octanol–water partition coefficient (Wildman–Crippen LogP) is 3.06. The molecule has 0 fully saturated rings. The number of hydrogen-bond donors (Lipinski definition) is 1. The quantitative estimate of drug-likeness (QED) is 0.372. The summed E-state index contributed by atoms with van der Waals surface area (Å²) in [5.74, 6) is 1.16. The first-order chi connectivity index (χ1) is 12.2. The fourth-order valence-electron chi connectivity index (χ4n) is 2.23. The Labute approximate surface area is 156 Å². The molecule has 8 nitrogen and oxygen atoms in total. The number of carbonyl (C=O) groups excluding carboxylic acids is 1. The molecule has 0 spiro atoms. The van der Waals surface area contributed by atoms with Crippen molar-refractivity contribution in [2.45, 2.75) is 33.1 Å². The number of nitrogens with one attached hydrogen (secondary N) is 1. The molecule has 0 saturated heterocycles. The number of benzene rings is 1. The third-order valence-electron chi connectivity index (χ3n) is 3.37. The molecule has 26 heavy (non-hydrogen) atoms. The molecule has 140 valence electrons. The van der Waals surface area contributed by atoms with Gasteiger partial charge < -0.3 is 14.2 Å². The topological polar surface area (TPSA) is 90.7 Å². The van der Waals surface area contributed by atoms with Gasteiger partial charge in [-0.3, -0.25) is 9.89 Å². The van der Waals surface area contributed by atoms with Gasteiger partial charge in [-0.05, 0) is 24.4 Å². The van der Waals surface area contributed by atoms with Gasteiger partial charge in [-0.15, -0.1) is 0 Å². The summed E-state index contributed by atoms with van der Waals surface area (Å²) in [6, 6.07) is 3.37. The van der Waals surface area contributed by atoms with Crippen LogP contribution in [0, 0.1) is 4.77 Å². The summed E-state index contributed by atoms with van der Waals surface area (Å²) < 4.78 is 17.7. The van der Waals surface area contributed by atoms with Crippen molar-refractivity contribution >= 4 is 24.4 Å². The molecule has 0 amide bonds. The van der Waals surface area contributed by atoms with Crippen LogP contribution in [-0.2, 0) is 10.2 Å². The third-order valence-corrected chi connectivity index (χ3v) is 3.64. The molecule has 1 aromatic carbocycles. The molecule has 0 bridgehead atoms. The monoisotopic (exact) mass is 378 g/mol. The molecule has 0 unspecified atom stereocenters. The molecule has 0 saturated carbocycles. The summed E-state index contributed by atoms with van der Waals surface area (Å²) in [4.78, 5) is 11.3. The largest absolute Gasteiger partial charge is 0.493 e. The van der Waals surface area contributed by atoms with Crippen LogP contribution in [0.3, 0.4) is 0 Å². The first-order valence-electron chi connectivity index (χ1n) is 7.84. The van der Waals surface area contributed by atoms with E-state index in [1.165, 1.54) is 21.1 Å². The number of methoxy groups -OCH3 is 2. The molecule has 0 aliphatic heterocycles. The Morgan fingerprint density at radius 2 is 1.85 bits per heavy atom. The molecule has 0 aliphatic rings. The summed E-state index contributed by atoms with van der Waals surface area (Å²) in [6.45, 7) is 7.36. The van der Waals surface area contributed by atoms with Crippen LogP contribution in [0.5, 0.6) is 17.2 Å². The van der Waals surface area contributed by atoms with Crippen LogP contribution in [-0.4, -0.2) is 41.3 Å². The summed E-state index contributed by atoms with van der Waals surface area (Å²) in [5.41, 5.74) is 0.442. The SMILES string of the molecule is COc1cc(/C=N\n2c(C(C)(C)C)n[nH]c2=S)cc(OC)c1OC(C)=O. The second-order valence-electron chi connectivity index (χ2n) is 6.51. The van der Waals surface area contributed by atoms with E-state index >= 15 is 0 Å². The van der Waals surface area contributed by atoms with E-state index in [9.17, 15) is 4.79 Å². The van der Waals surface area contributed by atoms with E-state index in [2.05, 4.69) is 15.3 Å². The average molecular weight is 378 g/mol. The van der Waals surface area contributed by atoms with Crippen LogP contribution in [0.15, 0.2) is 17.2 Å². The number of aromatic amines is 1. The van der Waals surface area contributed by atoms with Crippen molar-refractivity contribution in [2.24, 2.45) is 5.10 Å². The zero-order chi connectivity index (χ0) is 19.5. The fourth-order valence-corrected chi connectivity index (χ4v) is 2.41. The Morgan fingerprint density at radius 3 is 2.31 bits per heavy atom. The second kappa shape index (κ2) is 7.69. The number of ether oxygens (including phenoxy) is 3. The van der Waals surface area contributed by atoms with E-state index in [1.807, 2.05) is 20.8 Å². The van der Waals surface area contributed by atoms with Gasteiger partial charge >= 0.3 is 5.97 Å². The fraction of sp³-hybridized carbons (Fsp3) is 0.412. The van der Waals surface area contributed by atoms with Gasteiger partial charge in [0, 0.05) is 17.9 Å². The lowest BCUT2D eigenvalue weighted by Gasteiger charge is -2.16. The van der Waals surface area contributed by atoms with Gasteiger partial charge in [-0.25, -0.2) is 0 Å². The van der Waals surface area contributed by atoms with Crippen molar-refractivity contribution in [3.63, 3.8) is 0 Å². The van der Waals surface area contributed by atoms with E-state index in [0.29, 0.717) is 27.7 Å². The minimum Gasteiger partial charge on any atom is -0.493 e. The molecule has 1 heterocycles. The molecule has 9 heteroatoms. The van der Waals surface area contributed by atoms with Crippen LogP contribution in [0.1, 0.15) is 39.1 Å². The zero-order valence-electron chi connectivity index (χ0n) is 15.6. The zero-order valence-corrected chi connectivity index (χ0v) is 16.4. The van der Waals surface area contributed by atoms with E-state index < -0.39 is 5.97 Å². The molecule has 1 aromatic heterocycles. The third kappa shape index (κ3) is 4.29. The highest BCUT2D eigenvalue weighted by Crippen LogP contribution is 2.38. The minimum atomic E-state index is -0.470. The summed E-state index contributed by atoms with van der Waals surface area (Å²) >= 11 is 5.25. The van der Waals surface area contributed by atoms with Gasteiger partial charge in [0.05, 0.1) is 20.4 Å². The summed E-state index contributed by atoms with van der Waals surface area (Å²) in [7, 11) is 2.96. The van der Waals surface area contributed by atoms with Gasteiger partial charge in [-0.2, -0.15) is 14.9 Å². The van der Waals surface area contributed by atoms with Crippen molar-refractivity contribution < 1.29 is 19.0 Å². The second-order valence-corrected chi connectivity index (χ2v) is 6.89. The number of H-pyrrole nitrogens is 1. The van der Waals surface area contributed by atoms with E-state index in [1.54, 1.807) is 23.0 Å².